The van der Waals surface area contributed by atoms with Crippen molar-refractivity contribution in [3.63, 3.8) is 0 Å². The monoisotopic (exact) mass is 273 g/mol. The molecule has 1 N–H and O–H groups in total. The molecular weight excluding hydrogens is 250 g/mol. The van der Waals surface area contributed by atoms with E-state index in [0.29, 0.717) is 5.78 Å². The number of aliphatic hydroxyl groups excluding tert-OH is 1. The lowest BCUT2D eigenvalue weighted by atomic mass is 9.83. The number of aliphatic hydroxyl groups is 1. The molecule has 3 nitrogen and oxygen atoms in total. The summed E-state index contributed by atoms with van der Waals surface area (Å²) in [6, 6.07) is 8.64. The Kier molecular flexibility index (Phi) is 3.90. The van der Waals surface area contributed by atoms with Gasteiger partial charge in [0.15, 0.2) is 0 Å². The van der Waals surface area contributed by atoms with E-state index in [2.05, 4.69) is 23.1 Å². The van der Waals surface area contributed by atoms with Gasteiger partial charge in [-0.25, -0.2) is 0 Å². The Hall–Kier alpha value is -1.19. The van der Waals surface area contributed by atoms with Crippen molar-refractivity contribution in [2.45, 2.75) is 44.8 Å². The van der Waals surface area contributed by atoms with Crippen LogP contribution in [-0.4, -0.2) is 41.0 Å². The summed E-state index contributed by atoms with van der Waals surface area (Å²) in [5.74, 6) is 0.554. The minimum atomic E-state index is -0.279. The summed E-state index contributed by atoms with van der Waals surface area (Å²) < 4.78 is 0. The lowest BCUT2D eigenvalue weighted by Crippen LogP contribution is -2.51. The van der Waals surface area contributed by atoms with Gasteiger partial charge in [-0.2, -0.15) is 0 Å². The molecule has 1 fully saturated rings. The molecule has 0 radical (unpaired) electrons. The van der Waals surface area contributed by atoms with Crippen LogP contribution in [-0.2, 0) is 17.6 Å². The summed E-state index contributed by atoms with van der Waals surface area (Å²) in [6.45, 7) is 3.58. The largest absolute Gasteiger partial charge is 0.391 e. The van der Waals surface area contributed by atoms with E-state index in [1.165, 1.54) is 11.1 Å². The predicted molar refractivity (Wildman–Crippen MR) is 78.6 cm³/mol. The minimum absolute atomic E-state index is 0.220. The second-order valence-corrected chi connectivity index (χ2v) is 6.23. The molecule has 2 aliphatic rings. The van der Waals surface area contributed by atoms with E-state index < -0.39 is 0 Å². The molecule has 1 aliphatic carbocycles. The lowest BCUT2D eigenvalue weighted by Gasteiger charge is -2.41. The Morgan fingerprint density at radius 2 is 1.75 bits per heavy atom. The number of piperidine rings is 1. The molecular formula is C17H23NO2. The van der Waals surface area contributed by atoms with Crippen LogP contribution in [0.2, 0.25) is 0 Å². The van der Waals surface area contributed by atoms with E-state index in [1.807, 2.05) is 6.07 Å². The summed E-state index contributed by atoms with van der Waals surface area (Å²) in [5.41, 5.74) is 2.66. The van der Waals surface area contributed by atoms with Crippen LogP contribution in [0, 0.1) is 5.92 Å². The number of likely N-dealkylation sites (tertiary alicyclic amines) is 1. The van der Waals surface area contributed by atoms with Crippen LogP contribution in [0.3, 0.4) is 0 Å². The normalized spacial score (nSPS) is 28.1. The zero-order chi connectivity index (χ0) is 14.1. The zero-order valence-corrected chi connectivity index (χ0v) is 12.1. The average molecular weight is 273 g/mol. The highest BCUT2D eigenvalue weighted by atomic mass is 16.3. The summed E-state index contributed by atoms with van der Waals surface area (Å²) in [6.07, 6.45) is 3.30. The van der Waals surface area contributed by atoms with Gasteiger partial charge >= 0.3 is 0 Å². The van der Waals surface area contributed by atoms with E-state index in [0.717, 1.165) is 38.8 Å². The summed E-state index contributed by atoms with van der Waals surface area (Å²) in [4.78, 5) is 13.8. The molecule has 0 bridgehead atoms. The Morgan fingerprint density at radius 1 is 1.15 bits per heavy atom. The first-order valence-electron chi connectivity index (χ1n) is 7.64. The van der Waals surface area contributed by atoms with Crippen molar-refractivity contribution < 1.29 is 9.90 Å². The van der Waals surface area contributed by atoms with Gasteiger partial charge in [0.25, 0.3) is 0 Å². The molecule has 108 valence electrons. The van der Waals surface area contributed by atoms with E-state index in [1.54, 1.807) is 6.92 Å². The number of fused-ring (bicyclic) bond motifs is 1. The van der Waals surface area contributed by atoms with Crippen molar-refractivity contribution in [2.24, 2.45) is 5.92 Å². The summed E-state index contributed by atoms with van der Waals surface area (Å²) in [5, 5.41) is 10.4. The standard InChI is InChI=1S/C17H23NO2/c1-12(19)13-6-8-18(9-7-13)16-10-14-4-2-3-5-15(14)11-17(16)20/h2-5,13,16-17,20H,6-11H2,1H3. The topological polar surface area (TPSA) is 40.5 Å². The second-order valence-electron chi connectivity index (χ2n) is 6.23. The molecule has 1 aromatic carbocycles. The van der Waals surface area contributed by atoms with Crippen molar-refractivity contribution in [1.82, 2.24) is 4.90 Å². The molecule has 1 aliphatic heterocycles. The number of ketones is 1. The van der Waals surface area contributed by atoms with Gasteiger partial charge in [-0.3, -0.25) is 9.69 Å². The fourth-order valence-corrected chi connectivity index (χ4v) is 3.69. The molecule has 1 saturated heterocycles. The number of carbonyl (C=O) groups excluding carboxylic acids is 1. The minimum Gasteiger partial charge on any atom is -0.391 e. The van der Waals surface area contributed by atoms with Gasteiger partial charge in [-0.1, -0.05) is 24.3 Å². The third-order valence-corrected chi connectivity index (χ3v) is 4.99. The van der Waals surface area contributed by atoms with E-state index in [4.69, 9.17) is 0 Å². The summed E-state index contributed by atoms with van der Waals surface area (Å²) >= 11 is 0. The van der Waals surface area contributed by atoms with Gasteiger partial charge in [0.1, 0.15) is 5.78 Å². The van der Waals surface area contributed by atoms with Crippen LogP contribution in [0.1, 0.15) is 30.9 Å². The van der Waals surface area contributed by atoms with Crippen LogP contribution < -0.4 is 0 Å². The van der Waals surface area contributed by atoms with E-state index in [9.17, 15) is 9.90 Å². The van der Waals surface area contributed by atoms with Gasteiger partial charge < -0.3 is 5.11 Å². The smallest absolute Gasteiger partial charge is 0.133 e. The van der Waals surface area contributed by atoms with Gasteiger partial charge in [0.05, 0.1) is 6.10 Å². The fraction of sp³-hybridized carbons (Fsp3) is 0.588. The number of hydrogen-bond acceptors (Lipinski definition) is 3. The van der Waals surface area contributed by atoms with Crippen molar-refractivity contribution in [3.8, 4) is 0 Å². The molecule has 1 heterocycles. The van der Waals surface area contributed by atoms with Gasteiger partial charge in [-0.05, 0) is 50.4 Å². The molecule has 0 aromatic heterocycles. The maximum atomic E-state index is 11.4. The number of rotatable bonds is 2. The second kappa shape index (κ2) is 5.66. The number of benzene rings is 1. The Balaban J connectivity index is 1.68. The molecule has 2 unspecified atom stereocenters. The highest BCUT2D eigenvalue weighted by Gasteiger charge is 2.34. The first-order chi connectivity index (χ1) is 9.65. The SMILES string of the molecule is CC(=O)C1CCN(C2Cc3ccccc3CC2O)CC1. The number of nitrogens with zero attached hydrogens (tertiary/aromatic N) is 1. The molecule has 0 amide bonds. The number of hydrogen-bond donors (Lipinski definition) is 1. The number of carbonyl (C=O) groups is 1. The van der Waals surface area contributed by atoms with E-state index in [-0.39, 0.29) is 18.1 Å². The van der Waals surface area contributed by atoms with Crippen LogP contribution in [0.15, 0.2) is 24.3 Å². The first-order valence-corrected chi connectivity index (χ1v) is 7.64. The van der Waals surface area contributed by atoms with Crippen LogP contribution >= 0.6 is 0 Å². The highest BCUT2D eigenvalue weighted by molar-refractivity contribution is 5.78. The quantitative estimate of drug-likeness (QED) is 0.893. The third-order valence-electron chi connectivity index (χ3n) is 4.99. The molecule has 3 heteroatoms. The van der Waals surface area contributed by atoms with Crippen LogP contribution in [0.4, 0.5) is 0 Å². The van der Waals surface area contributed by atoms with Gasteiger partial charge in [0.2, 0.25) is 0 Å². The Labute approximate surface area is 120 Å². The Bertz CT molecular complexity index is 492. The van der Waals surface area contributed by atoms with Crippen molar-refractivity contribution >= 4 is 5.78 Å². The Morgan fingerprint density at radius 3 is 2.35 bits per heavy atom. The predicted octanol–water partition coefficient (Wildman–Crippen LogP) is 1.82. The average Bonchev–Trinajstić information content (AvgIpc) is 2.46. The molecule has 2 atom stereocenters. The maximum absolute atomic E-state index is 11.4. The van der Waals surface area contributed by atoms with E-state index >= 15 is 0 Å². The van der Waals surface area contributed by atoms with Crippen LogP contribution in [0.25, 0.3) is 0 Å². The zero-order valence-electron chi connectivity index (χ0n) is 12.1. The number of Topliss-reactive ketones (excluding diaryl/α,β-unsaturated/α-hetero) is 1. The van der Waals surface area contributed by atoms with Gasteiger partial charge in [0, 0.05) is 18.4 Å². The van der Waals surface area contributed by atoms with Crippen LogP contribution in [0.5, 0.6) is 0 Å². The third kappa shape index (κ3) is 2.65. The van der Waals surface area contributed by atoms with Crippen molar-refractivity contribution in [1.29, 1.82) is 0 Å². The van der Waals surface area contributed by atoms with Gasteiger partial charge in [-0.15, -0.1) is 0 Å². The molecule has 0 spiro atoms. The highest BCUT2D eigenvalue weighted by Crippen LogP contribution is 2.28. The van der Waals surface area contributed by atoms with Crippen molar-refractivity contribution in [2.75, 3.05) is 13.1 Å². The maximum Gasteiger partial charge on any atom is 0.133 e. The van der Waals surface area contributed by atoms with Crippen molar-refractivity contribution in [3.05, 3.63) is 35.4 Å². The summed E-state index contributed by atoms with van der Waals surface area (Å²) in [7, 11) is 0. The molecule has 0 saturated carbocycles. The lowest BCUT2D eigenvalue weighted by molar-refractivity contribution is -0.122. The molecule has 20 heavy (non-hydrogen) atoms. The first kappa shape index (κ1) is 13.8. The molecule has 1 aromatic rings. The molecule has 3 rings (SSSR count). The fourth-order valence-electron chi connectivity index (χ4n) is 3.69.